The summed E-state index contributed by atoms with van der Waals surface area (Å²) in [6.45, 7) is 4.58. The lowest BCUT2D eigenvalue weighted by atomic mass is 10.2. The summed E-state index contributed by atoms with van der Waals surface area (Å²) in [6.07, 6.45) is 8.65. The summed E-state index contributed by atoms with van der Waals surface area (Å²) >= 11 is 1.72. The van der Waals surface area contributed by atoms with Crippen molar-refractivity contribution in [1.82, 2.24) is 14.8 Å². The van der Waals surface area contributed by atoms with Gasteiger partial charge in [-0.05, 0) is 51.4 Å². The third-order valence-corrected chi connectivity index (χ3v) is 5.52. The molecule has 1 unspecified atom stereocenters. The molecule has 5 heteroatoms. The van der Waals surface area contributed by atoms with E-state index in [1.807, 2.05) is 17.2 Å². The van der Waals surface area contributed by atoms with Crippen LogP contribution in [0.5, 0.6) is 0 Å². The minimum absolute atomic E-state index is 0.165. The maximum absolute atomic E-state index is 12.1. The van der Waals surface area contributed by atoms with Gasteiger partial charge in [0.15, 0.2) is 0 Å². The average Bonchev–Trinajstić information content (AvgIpc) is 3.15. The Morgan fingerprint density at radius 1 is 1.24 bits per heavy atom. The molecule has 0 N–H and O–H groups in total. The molecule has 2 fully saturated rings. The van der Waals surface area contributed by atoms with Gasteiger partial charge in [-0.25, -0.2) is 0 Å². The van der Waals surface area contributed by atoms with Crippen molar-refractivity contribution in [3.05, 3.63) is 30.1 Å². The molecule has 2 aliphatic heterocycles. The van der Waals surface area contributed by atoms with Gasteiger partial charge in [0.25, 0.3) is 0 Å². The lowest BCUT2D eigenvalue weighted by molar-refractivity contribution is -0.128. The van der Waals surface area contributed by atoms with Gasteiger partial charge in [0.1, 0.15) is 5.37 Å². The molecule has 114 valence electrons. The van der Waals surface area contributed by atoms with Crippen molar-refractivity contribution in [3.8, 4) is 0 Å². The maximum atomic E-state index is 12.1. The highest BCUT2D eigenvalue weighted by Gasteiger charge is 2.32. The van der Waals surface area contributed by atoms with Crippen LogP contribution < -0.4 is 0 Å². The molecular weight excluding hydrogens is 282 g/mol. The predicted molar refractivity (Wildman–Crippen MR) is 86.1 cm³/mol. The second-order valence-corrected chi connectivity index (χ2v) is 6.86. The predicted octanol–water partition coefficient (Wildman–Crippen LogP) is 2.53. The smallest absolute Gasteiger partial charge is 0.233 e. The number of hydrogen-bond donors (Lipinski definition) is 0. The number of aromatic nitrogens is 1. The highest BCUT2D eigenvalue weighted by atomic mass is 32.2. The zero-order chi connectivity index (χ0) is 14.5. The molecule has 3 heterocycles. The summed E-state index contributed by atoms with van der Waals surface area (Å²) in [5.41, 5.74) is 1.15. The van der Waals surface area contributed by atoms with E-state index in [1.165, 1.54) is 38.9 Å². The summed E-state index contributed by atoms with van der Waals surface area (Å²) in [5, 5.41) is 0.165. The second-order valence-electron chi connectivity index (χ2n) is 5.79. The Balaban J connectivity index is 1.49. The van der Waals surface area contributed by atoms with Crippen LogP contribution in [0.2, 0.25) is 0 Å². The monoisotopic (exact) mass is 305 g/mol. The van der Waals surface area contributed by atoms with E-state index in [1.54, 1.807) is 18.0 Å². The number of unbranched alkanes of at least 4 members (excludes halogenated alkanes) is 1. The average molecular weight is 305 g/mol. The van der Waals surface area contributed by atoms with Crippen molar-refractivity contribution in [2.75, 3.05) is 31.9 Å². The molecule has 1 amide bonds. The van der Waals surface area contributed by atoms with E-state index in [0.29, 0.717) is 5.75 Å². The highest BCUT2D eigenvalue weighted by Crippen LogP contribution is 2.38. The first-order valence-corrected chi connectivity index (χ1v) is 8.93. The molecule has 1 atom stereocenters. The van der Waals surface area contributed by atoms with E-state index in [2.05, 4.69) is 16.0 Å². The Kier molecular flexibility index (Phi) is 5.14. The van der Waals surface area contributed by atoms with Crippen LogP contribution in [-0.2, 0) is 4.79 Å². The maximum Gasteiger partial charge on any atom is 0.233 e. The molecule has 0 saturated carbocycles. The second kappa shape index (κ2) is 7.27. The van der Waals surface area contributed by atoms with Crippen molar-refractivity contribution >= 4 is 17.7 Å². The normalized spacial score (nSPS) is 23.1. The number of nitrogens with zero attached hydrogens (tertiary/aromatic N) is 3. The molecule has 0 aromatic carbocycles. The Hall–Kier alpha value is -1.07. The molecular formula is C16H23N3OS. The van der Waals surface area contributed by atoms with E-state index in [-0.39, 0.29) is 11.3 Å². The summed E-state index contributed by atoms with van der Waals surface area (Å²) < 4.78 is 0. The number of hydrogen-bond acceptors (Lipinski definition) is 4. The van der Waals surface area contributed by atoms with E-state index >= 15 is 0 Å². The molecule has 0 radical (unpaired) electrons. The minimum Gasteiger partial charge on any atom is -0.326 e. The number of pyridine rings is 1. The summed E-state index contributed by atoms with van der Waals surface area (Å²) in [4.78, 5) is 20.8. The number of carbonyl (C=O) groups is 1. The molecule has 2 aliphatic rings. The molecule has 1 aromatic heterocycles. The first-order valence-electron chi connectivity index (χ1n) is 7.88. The highest BCUT2D eigenvalue weighted by molar-refractivity contribution is 8.00. The lowest BCUT2D eigenvalue weighted by Gasteiger charge is -2.24. The van der Waals surface area contributed by atoms with Gasteiger partial charge in [0.2, 0.25) is 5.91 Å². The number of thioether (sulfide) groups is 1. The van der Waals surface area contributed by atoms with E-state index in [0.717, 1.165) is 18.5 Å². The van der Waals surface area contributed by atoms with Gasteiger partial charge in [0, 0.05) is 24.5 Å². The minimum atomic E-state index is 0.165. The Bertz CT molecular complexity index is 462. The van der Waals surface area contributed by atoms with Crippen LogP contribution in [0.4, 0.5) is 0 Å². The van der Waals surface area contributed by atoms with Crippen molar-refractivity contribution in [3.63, 3.8) is 0 Å². The van der Waals surface area contributed by atoms with Gasteiger partial charge in [0.05, 0.1) is 5.75 Å². The van der Waals surface area contributed by atoms with Crippen LogP contribution in [0.3, 0.4) is 0 Å². The topological polar surface area (TPSA) is 36.4 Å². The third-order valence-electron chi connectivity index (χ3n) is 4.26. The number of likely N-dealkylation sites (tertiary alicyclic amines) is 1. The molecule has 3 rings (SSSR count). The SMILES string of the molecule is O=C1CSC(c2cccnc2)N1CCCCN1CCCC1. The molecule has 0 aliphatic carbocycles. The molecule has 1 aromatic rings. The van der Waals surface area contributed by atoms with Crippen molar-refractivity contribution in [1.29, 1.82) is 0 Å². The zero-order valence-electron chi connectivity index (χ0n) is 12.4. The molecule has 4 nitrogen and oxygen atoms in total. The Labute approximate surface area is 130 Å². The van der Waals surface area contributed by atoms with Crippen LogP contribution in [0.25, 0.3) is 0 Å². The Morgan fingerprint density at radius 2 is 2.05 bits per heavy atom. The zero-order valence-corrected chi connectivity index (χ0v) is 13.2. The molecule has 0 bridgehead atoms. The Morgan fingerprint density at radius 3 is 2.81 bits per heavy atom. The van der Waals surface area contributed by atoms with Gasteiger partial charge < -0.3 is 9.80 Å². The van der Waals surface area contributed by atoms with E-state index in [9.17, 15) is 4.79 Å². The fourth-order valence-electron chi connectivity index (χ4n) is 3.12. The lowest BCUT2D eigenvalue weighted by Crippen LogP contribution is -2.30. The molecule has 2 saturated heterocycles. The molecule has 0 spiro atoms. The van der Waals surface area contributed by atoms with Crippen LogP contribution in [-0.4, -0.2) is 52.6 Å². The number of amides is 1. The van der Waals surface area contributed by atoms with Gasteiger partial charge in [-0.1, -0.05) is 6.07 Å². The number of carbonyl (C=O) groups excluding carboxylic acids is 1. The summed E-state index contributed by atoms with van der Waals surface area (Å²) in [5.74, 6) is 0.876. The van der Waals surface area contributed by atoms with Crippen molar-refractivity contribution < 1.29 is 4.79 Å². The number of rotatable bonds is 6. The third kappa shape index (κ3) is 3.77. The summed E-state index contributed by atoms with van der Waals surface area (Å²) in [7, 11) is 0. The van der Waals surface area contributed by atoms with Crippen molar-refractivity contribution in [2.45, 2.75) is 31.1 Å². The molecule has 21 heavy (non-hydrogen) atoms. The van der Waals surface area contributed by atoms with Crippen LogP contribution >= 0.6 is 11.8 Å². The first-order chi connectivity index (χ1) is 10.3. The fourth-order valence-corrected chi connectivity index (χ4v) is 4.32. The summed E-state index contributed by atoms with van der Waals surface area (Å²) in [6, 6.07) is 4.02. The van der Waals surface area contributed by atoms with Gasteiger partial charge in [-0.3, -0.25) is 9.78 Å². The van der Waals surface area contributed by atoms with Crippen LogP contribution in [0, 0.1) is 0 Å². The quantitative estimate of drug-likeness (QED) is 0.757. The van der Waals surface area contributed by atoms with Crippen LogP contribution in [0.1, 0.15) is 36.6 Å². The fraction of sp³-hybridized carbons (Fsp3) is 0.625. The van der Waals surface area contributed by atoms with Crippen molar-refractivity contribution in [2.24, 2.45) is 0 Å². The van der Waals surface area contributed by atoms with Crippen LogP contribution in [0.15, 0.2) is 24.5 Å². The van der Waals surface area contributed by atoms with Gasteiger partial charge >= 0.3 is 0 Å². The first kappa shape index (κ1) is 14.9. The largest absolute Gasteiger partial charge is 0.326 e. The standard InChI is InChI=1S/C16H23N3OS/c20-15-13-21-16(14-6-5-7-17-12-14)19(15)11-4-3-10-18-8-1-2-9-18/h5-7,12,16H,1-4,8-11,13H2. The van der Waals surface area contributed by atoms with Gasteiger partial charge in [-0.15, -0.1) is 11.8 Å². The van der Waals surface area contributed by atoms with E-state index in [4.69, 9.17) is 0 Å². The van der Waals surface area contributed by atoms with E-state index < -0.39 is 0 Å². The van der Waals surface area contributed by atoms with Gasteiger partial charge in [-0.2, -0.15) is 0 Å².